The van der Waals surface area contributed by atoms with Gasteiger partial charge in [0.2, 0.25) is 0 Å². The predicted octanol–water partition coefficient (Wildman–Crippen LogP) is 8.72. The molecule has 0 fully saturated rings. The van der Waals surface area contributed by atoms with Gasteiger partial charge in [0, 0.05) is 24.0 Å². The van der Waals surface area contributed by atoms with E-state index in [1.54, 1.807) is 0 Å². The number of hydrogen-bond acceptors (Lipinski definition) is 2. The van der Waals surface area contributed by atoms with Crippen molar-refractivity contribution < 1.29 is 4.74 Å². The lowest BCUT2D eigenvalue weighted by Crippen LogP contribution is -2.26. The van der Waals surface area contributed by atoms with Crippen molar-refractivity contribution in [3.05, 3.63) is 94.5 Å². The Morgan fingerprint density at radius 2 is 1.64 bits per heavy atom. The van der Waals surface area contributed by atoms with Gasteiger partial charge in [0.15, 0.2) is 0 Å². The predicted molar refractivity (Wildman–Crippen MR) is 160 cm³/mol. The highest BCUT2D eigenvalue weighted by atomic mass is 31.1. The summed E-state index contributed by atoms with van der Waals surface area (Å²) in [5.41, 5.74) is 6.48. The topological polar surface area (TPSA) is 21.6 Å². The van der Waals surface area contributed by atoms with Gasteiger partial charge < -0.3 is 4.74 Å². The van der Waals surface area contributed by atoms with Crippen molar-refractivity contribution in [3.63, 3.8) is 0 Å². The van der Waals surface area contributed by atoms with E-state index in [-0.39, 0.29) is 10.6 Å². The second-order valence-corrected chi connectivity index (χ2v) is 12.6. The summed E-state index contributed by atoms with van der Waals surface area (Å²) in [4.78, 5) is 4.35. The van der Waals surface area contributed by atoms with Gasteiger partial charge in [-0.25, -0.2) is 0 Å². The molecule has 3 aromatic rings. The molecule has 0 bridgehead atoms. The number of rotatable bonds is 11. The van der Waals surface area contributed by atoms with Crippen LogP contribution in [0.25, 0.3) is 0 Å². The number of nitrogens with zero attached hydrogens (tertiary/aromatic N) is 1. The fourth-order valence-corrected chi connectivity index (χ4v) is 6.59. The number of hydrogen-bond donors (Lipinski definition) is 0. The summed E-state index contributed by atoms with van der Waals surface area (Å²) in [6.07, 6.45) is 6.60. The zero-order valence-electron chi connectivity index (χ0n) is 23.3. The Labute approximate surface area is 221 Å². The van der Waals surface area contributed by atoms with E-state index in [1.165, 1.54) is 46.0 Å². The van der Waals surface area contributed by atoms with Crippen molar-refractivity contribution in [1.29, 1.82) is 0 Å². The number of ether oxygens (including phenoxy) is 1. The molecule has 0 aliphatic rings. The van der Waals surface area contributed by atoms with Gasteiger partial charge in [0.25, 0.3) is 0 Å². The van der Waals surface area contributed by atoms with Crippen LogP contribution < -0.4 is 10.0 Å². The van der Waals surface area contributed by atoms with Gasteiger partial charge in [-0.15, -0.1) is 0 Å². The van der Waals surface area contributed by atoms with Crippen molar-refractivity contribution in [1.82, 2.24) is 0 Å². The highest BCUT2D eigenvalue weighted by Crippen LogP contribution is 2.53. The Hall–Kier alpha value is -2.44. The molecule has 2 unspecified atom stereocenters. The monoisotopic (exact) mass is 501 g/mol. The summed E-state index contributed by atoms with van der Waals surface area (Å²) in [6.45, 7) is 14.4. The molecule has 0 spiro atoms. The van der Waals surface area contributed by atoms with Gasteiger partial charge in [0.05, 0.1) is 0 Å². The van der Waals surface area contributed by atoms with E-state index in [2.05, 4.69) is 113 Å². The summed E-state index contributed by atoms with van der Waals surface area (Å²) >= 11 is 0. The van der Waals surface area contributed by atoms with Crippen LogP contribution in [0.5, 0.6) is 5.75 Å². The van der Waals surface area contributed by atoms with Crippen LogP contribution >= 0.6 is 8.58 Å². The number of unbranched alkanes of at least 4 members (excludes halogenated alkanes) is 1. The van der Waals surface area contributed by atoms with Crippen LogP contribution in [-0.2, 0) is 17.2 Å². The Bertz CT molecular complexity index is 1150. The van der Waals surface area contributed by atoms with Gasteiger partial charge in [-0.2, -0.15) is 0 Å². The number of aliphatic imine (C=N–C) groups is 1. The maximum Gasteiger partial charge on any atom is 0.126 e. The SMILES string of the molecule is CCCCC(CC)(Pc1ccccc1C=NC)c1cc(C(C)(C)C)cc(C)c1OCc1ccccc1. The second-order valence-electron chi connectivity index (χ2n) is 10.8. The third kappa shape index (κ3) is 6.86. The molecule has 0 saturated carbocycles. The van der Waals surface area contributed by atoms with E-state index in [9.17, 15) is 0 Å². The minimum atomic E-state index is 0.00569. The molecule has 0 radical (unpaired) electrons. The molecule has 0 aliphatic heterocycles. The standard InChI is InChI=1S/C33H44NOP/c1-8-10-20-33(9-2,36-30-19-15-14-18-27(30)23-34-7)29-22-28(32(4,5)6)21-25(3)31(29)35-24-26-16-12-11-13-17-26/h11-19,21-23,36H,8-10,20,24H2,1-7H3. The molecule has 192 valence electrons. The number of benzene rings is 3. The van der Waals surface area contributed by atoms with E-state index in [4.69, 9.17) is 4.74 Å². The lowest BCUT2D eigenvalue weighted by Gasteiger charge is -2.37. The molecule has 0 heterocycles. The lowest BCUT2D eigenvalue weighted by atomic mass is 9.80. The first-order valence-electron chi connectivity index (χ1n) is 13.4. The second kappa shape index (κ2) is 12.7. The van der Waals surface area contributed by atoms with E-state index in [0.29, 0.717) is 15.2 Å². The summed E-state index contributed by atoms with van der Waals surface area (Å²) < 4.78 is 6.70. The van der Waals surface area contributed by atoms with Crippen molar-refractivity contribution in [2.24, 2.45) is 4.99 Å². The zero-order valence-corrected chi connectivity index (χ0v) is 24.3. The Balaban J connectivity index is 2.20. The molecule has 0 aromatic heterocycles. The summed E-state index contributed by atoms with van der Waals surface area (Å²) in [6, 6.07) is 24.1. The van der Waals surface area contributed by atoms with Gasteiger partial charge in [-0.05, 0) is 52.7 Å². The fourth-order valence-electron chi connectivity index (χ4n) is 4.80. The quantitative estimate of drug-likeness (QED) is 0.190. The van der Waals surface area contributed by atoms with Crippen LogP contribution in [0.2, 0.25) is 0 Å². The average Bonchev–Trinajstić information content (AvgIpc) is 2.87. The summed E-state index contributed by atoms with van der Waals surface area (Å²) in [5, 5.41) is 1.39. The van der Waals surface area contributed by atoms with Crippen LogP contribution in [0.15, 0.2) is 71.7 Å². The Kier molecular flexibility index (Phi) is 9.92. The van der Waals surface area contributed by atoms with Gasteiger partial charge in [0.1, 0.15) is 12.4 Å². The first-order valence-corrected chi connectivity index (χ1v) is 14.4. The van der Waals surface area contributed by atoms with Crippen LogP contribution in [0.4, 0.5) is 0 Å². The molecular formula is C33H44NOP. The Morgan fingerprint density at radius 1 is 0.944 bits per heavy atom. The maximum atomic E-state index is 6.70. The number of aryl methyl sites for hydroxylation is 1. The third-order valence-electron chi connectivity index (χ3n) is 7.05. The van der Waals surface area contributed by atoms with Crippen molar-refractivity contribution in [2.45, 2.75) is 84.4 Å². The largest absolute Gasteiger partial charge is 0.488 e. The van der Waals surface area contributed by atoms with Crippen molar-refractivity contribution in [2.75, 3.05) is 7.05 Å². The van der Waals surface area contributed by atoms with Crippen LogP contribution in [-0.4, -0.2) is 13.3 Å². The Morgan fingerprint density at radius 3 is 2.28 bits per heavy atom. The molecule has 3 rings (SSSR count). The van der Waals surface area contributed by atoms with Gasteiger partial charge >= 0.3 is 0 Å². The highest BCUT2D eigenvalue weighted by molar-refractivity contribution is 7.48. The van der Waals surface area contributed by atoms with Crippen molar-refractivity contribution in [3.8, 4) is 5.75 Å². The zero-order chi connectivity index (χ0) is 26.2. The minimum absolute atomic E-state index is 0.00569. The smallest absolute Gasteiger partial charge is 0.126 e. The minimum Gasteiger partial charge on any atom is -0.488 e. The molecule has 36 heavy (non-hydrogen) atoms. The molecule has 3 heteroatoms. The van der Waals surface area contributed by atoms with E-state index >= 15 is 0 Å². The first kappa shape index (κ1) is 28.1. The summed E-state index contributed by atoms with van der Waals surface area (Å²) in [5.74, 6) is 1.07. The molecule has 0 amide bonds. The van der Waals surface area contributed by atoms with E-state index in [0.717, 1.165) is 18.6 Å². The van der Waals surface area contributed by atoms with Crippen molar-refractivity contribution >= 4 is 20.1 Å². The molecule has 2 atom stereocenters. The van der Waals surface area contributed by atoms with Gasteiger partial charge in [-0.3, -0.25) is 4.99 Å². The molecule has 2 nitrogen and oxygen atoms in total. The van der Waals surface area contributed by atoms with Crippen LogP contribution in [0.3, 0.4) is 0 Å². The normalized spacial score (nSPS) is 14.0. The van der Waals surface area contributed by atoms with Crippen LogP contribution in [0, 0.1) is 6.92 Å². The van der Waals surface area contributed by atoms with E-state index < -0.39 is 0 Å². The third-order valence-corrected chi connectivity index (χ3v) is 9.12. The maximum absolute atomic E-state index is 6.70. The molecule has 0 N–H and O–H groups in total. The highest BCUT2D eigenvalue weighted by Gasteiger charge is 2.35. The van der Waals surface area contributed by atoms with Gasteiger partial charge in [-0.1, -0.05) is 123 Å². The summed E-state index contributed by atoms with van der Waals surface area (Å²) in [7, 11) is 2.49. The lowest BCUT2D eigenvalue weighted by molar-refractivity contribution is 0.295. The first-order chi connectivity index (χ1) is 17.2. The molecular weight excluding hydrogens is 457 g/mol. The molecule has 0 aliphatic carbocycles. The average molecular weight is 502 g/mol. The molecule has 3 aromatic carbocycles. The fraction of sp³-hybridized carbons (Fsp3) is 0.424. The van der Waals surface area contributed by atoms with Crippen LogP contribution in [0.1, 0.15) is 88.1 Å². The molecule has 0 saturated heterocycles. The van der Waals surface area contributed by atoms with E-state index in [1.807, 2.05) is 13.3 Å².